The molecule has 0 saturated carbocycles. The number of hydrogen-bond acceptors (Lipinski definition) is 5. The monoisotopic (exact) mass is 359 g/mol. The van der Waals surface area contributed by atoms with Crippen LogP contribution >= 0.6 is 0 Å². The summed E-state index contributed by atoms with van der Waals surface area (Å²) < 4.78 is 4.80. The summed E-state index contributed by atoms with van der Waals surface area (Å²) in [7, 11) is 1.40. The van der Waals surface area contributed by atoms with E-state index in [0.29, 0.717) is 32.4 Å². The number of urea groups is 1. The maximum Gasteiger partial charge on any atom is 0.326 e. The molecule has 0 aromatic heterocycles. The zero-order valence-corrected chi connectivity index (χ0v) is 15.2. The quantitative estimate of drug-likeness (QED) is 0.639. The smallest absolute Gasteiger partial charge is 0.326 e. The number of ether oxygens (including phenoxy) is 1. The van der Waals surface area contributed by atoms with Crippen LogP contribution in [0.5, 0.6) is 0 Å². The van der Waals surface area contributed by atoms with Gasteiger partial charge >= 0.3 is 12.0 Å². The molecule has 0 radical (unpaired) electrons. The molecule has 0 aliphatic carbocycles. The van der Waals surface area contributed by atoms with Crippen molar-refractivity contribution >= 4 is 17.9 Å². The van der Waals surface area contributed by atoms with Crippen LogP contribution in [0.15, 0.2) is 30.3 Å². The van der Waals surface area contributed by atoms with Gasteiger partial charge in [-0.1, -0.05) is 37.3 Å². The number of rotatable bonds is 5. The van der Waals surface area contributed by atoms with E-state index in [-0.39, 0.29) is 30.5 Å². The first-order chi connectivity index (χ1) is 12.5. The van der Waals surface area contributed by atoms with Gasteiger partial charge in [-0.3, -0.25) is 14.5 Å². The number of methoxy groups -OCH3 is 1. The van der Waals surface area contributed by atoms with Gasteiger partial charge in [-0.05, 0) is 24.8 Å². The molecule has 7 heteroatoms. The van der Waals surface area contributed by atoms with E-state index in [1.807, 2.05) is 42.2 Å². The van der Waals surface area contributed by atoms with E-state index in [1.54, 1.807) is 0 Å². The van der Waals surface area contributed by atoms with Gasteiger partial charge in [0.25, 0.3) is 5.91 Å². The number of amides is 3. The van der Waals surface area contributed by atoms with Gasteiger partial charge in [-0.15, -0.1) is 0 Å². The fraction of sp³-hybridized carbons (Fsp3) is 0.526. The third-order valence-electron chi connectivity index (χ3n) is 5.44. The Labute approximate surface area is 153 Å². The van der Waals surface area contributed by atoms with E-state index in [9.17, 15) is 14.4 Å². The Morgan fingerprint density at radius 2 is 1.88 bits per heavy atom. The van der Waals surface area contributed by atoms with Crippen LogP contribution in [-0.2, 0) is 19.9 Å². The molecule has 1 aromatic carbocycles. The van der Waals surface area contributed by atoms with Crippen LogP contribution in [0, 0.1) is 5.92 Å². The highest BCUT2D eigenvalue weighted by atomic mass is 16.5. The molecule has 26 heavy (non-hydrogen) atoms. The summed E-state index contributed by atoms with van der Waals surface area (Å²) in [5.41, 5.74) is -0.198. The molecule has 2 saturated heterocycles. The number of hydrogen-bond donors (Lipinski definition) is 1. The van der Waals surface area contributed by atoms with Gasteiger partial charge in [0.05, 0.1) is 19.7 Å². The summed E-state index contributed by atoms with van der Waals surface area (Å²) >= 11 is 0. The van der Waals surface area contributed by atoms with Crippen molar-refractivity contribution in [1.82, 2.24) is 15.1 Å². The maximum absolute atomic E-state index is 13.1. The SMILES string of the molecule is CC[C@@]1(c2ccccc2)NC(=O)N(CN2CCC(C(=O)OC)CC2)C1=O. The van der Waals surface area contributed by atoms with Gasteiger partial charge < -0.3 is 10.1 Å². The largest absolute Gasteiger partial charge is 0.469 e. The van der Waals surface area contributed by atoms with E-state index in [2.05, 4.69) is 5.32 Å². The minimum atomic E-state index is -0.997. The topological polar surface area (TPSA) is 79.0 Å². The molecule has 1 aromatic rings. The van der Waals surface area contributed by atoms with Crippen molar-refractivity contribution in [2.75, 3.05) is 26.9 Å². The number of imide groups is 1. The molecule has 0 bridgehead atoms. The molecule has 1 atom stereocenters. The van der Waals surface area contributed by atoms with Crippen molar-refractivity contribution in [3.05, 3.63) is 35.9 Å². The molecule has 3 amide bonds. The highest BCUT2D eigenvalue weighted by Gasteiger charge is 2.51. The Kier molecular flexibility index (Phi) is 5.27. The van der Waals surface area contributed by atoms with E-state index < -0.39 is 5.54 Å². The molecule has 0 unspecified atom stereocenters. The highest BCUT2D eigenvalue weighted by molar-refractivity contribution is 6.07. The highest BCUT2D eigenvalue weighted by Crippen LogP contribution is 2.32. The van der Waals surface area contributed by atoms with Crippen molar-refractivity contribution < 1.29 is 19.1 Å². The van der Waals surface area contributed by atoms with Crippen LogP contribution in [-0.4, -0.2) is 54.6 Å². The summed E-state index contributed by atoms with van der Waals surface area (Å²) in [6.45, 7) is 3.45. The Bertz CT molecular complexity index is 685. The summed E-state index contributed by atoms with van der Waals surface area (Å²) in [5.74, 6) is -0.501. The average molecular weight is 359 g/mol. The molecule has 2 aliphatic heterocycles. The van der Waals surface area contributed by atoms with Gasteiger partial charge in [-0.25, -0.2) is 9.69 Å². The Balaban J connectivity index is 1.69. The number of likely N-dealkylation sites (tertiary alicyclic amines) is 1. The van der Waals surface area contributed by atoms with Gasteiger partial charge in [0.2, 0.25) is 0 Å². The second kappa shape index (κ2) is 7.45. The zero-order valence-electron chi connectivity index (χ0n) is 15.2. The number of piperidine rings is 1. The summed E-state index contributed by atoms with van der Waals surface area (Å²) in [6, 6.07) is 8.99. The third kappa shape index (κ3) is 3.19. The van der Waals surface area contributed by atoms with Gasteiger partial charge in [-0.2, -0.15) is 0 Å². The van der Waals surface area contributed by atoms with Crippen LogP contribution in [0.3, 0.4) is 0 Å². The van der Waals surface area contributed by atoms with Crippen molar-refractivity contribution in [1.29, 1.82) is 0 Å². The second-order valence-corrected chi connectivity index (χ2v) is 6.85. The molecule has 1 N–H and O–H groups in total. The van der Waals surface area contributed by atoms with Crippen LogP contribution in [0.1, 0.15) is 31.7 Å². The minimum Gasteiger partial charge on any atom is -0.469 e. The van der Waals surface area contributed by atoms with Crippen LogP contribution < -0.4 is 5.32 Å². The van der Waals surface area contributed by atoms with Gasteiger partial charge in [0.1, 0.15) is 5.54 Å². The number of carbonyl (C=O) groups excluding carboxylic acids is 3. The number of benzene rings is 1. The molecule has 140 valence electrons. The van der Waals surface area contributed by atoms with E-state index in [1.165, 1.54) is 12.0 Å². The van der Waals surface area contributed by atoms with Crippen molar-refractivity contribution in [3.8, 4) is 0 Å². The molecule has 2 heterocycles. The number of nitrogens with zero attached hydrogens (tertiary/aromatic N) is 2. The minimum absolute atomic E-state index is 0.0987. The number of carbonyl (C=O) groups is 3. The molecule has 2 fully saturated rings. The normalized spacial score (nSPS) is 24.6. The van der Waals surface area contributed by atoms with Gasteiger partial charge in [0, 0.05) is 13.1 Å². The van der Waals surface area contributed by atoms with Crippen LogP contribution in [0.25, 0.3) is 0 Å². The summed E-state index contributed by atoms with van der Waals surface area (Å²) in [5, 5.41) is 2.90. The molecule has 2 aliphatic rings. The van der Waals surface area contributed by atoms with E-state index in [0.717, 1.165) is 5.56 Å². The summed E-state index contributed by atoms with van der Waals surface area (Å²) in [4.78, 5) is 40.6. The lowest BCUT2D eigenvalue weighted by atomic mass is 9.87. The first kappa shape index (κ1) is 18.4. The average Bonchev–Trinajstić information content (AvgIpc) is 2.93. The number of esters is 1. The van der Waals surface area contributed by atoms with Crippen LogP contribution in [0.2, 0.25) is 0 Å². The molecule has 3 rings (SSSR count). The van der Waals surface area contributed by atoms with E-state index >= 15 is 0 Å². The zero-order chi connectivity index (χ0) is 18.7. The van der Waals surface area contributed by atoms with Crippen LogP contribution in [0.4, 0.5) is 4.79 Å². The molecular weight excluding hydrogens is 334 g/mol. The molecular formula is C19H25N3O4. The predicted molar refractivity (Wildman–Crippen MR) is 95.0 cm³/mol. The lowest BCUT2D eigenvalue weighted by molar-refractivity contribution is -0.147. The summed E-state index contributed by atoms with van der Waals surface area (Å²) in [6.07, 6.45) is 1.84. The Morgan fingerprint density at radius 3 is 2.46 bits per heavy atom. The second-order valence-electron chi connectivity index (χ2n) is 6.85. The van der Waals surface area contributed by atoms with Gasteiger partial charge in [0.15, 0.2) is 0 Å². The van der Waals surface area contributed by atoms with Crippen molar-refractivity contribution in [2.24, 2.45) is 5.92 Å². The standard InChI is InChI=1S/C19H25N3O4/c1-3-19(15-7-5-4-6-8-15)17(24)22(18(25)20-19)13-21-11-9-14(10-12-21)16(23)26-2/h4-8,14H,3,9-13H2,1-2H3,(H,20,25)/t19-/m0/s1. The first-order valence-corrected chi connectivity index (χ1v) is 9.01. The predicted octanol–water partition coefficient (Wildman–Crippen LogP) is 1.69. The molecule has 7 nitrogen and oxygen atoms in total. The Hall–Kier alpha value is -2.41. The lowest BCUT2D eigenvalue weighted by Gasteiger charge is -2.33. The molecule has 0 spiro atoms. The fourth-order valence-corrected chi connectivity index (χ4v) is 3.79. The first-order valence-electron chi connectivity index (χ1n) is 9.01. The maximum atomic E-state index is 13.1. The lowest BCUT2D eigenvalue weighted by Crippen LogP contribution is -2.47. The number of nitrogens with one attached hydrogen (secondary N) is 1. The van der Waals surface area contributed by atoms with E-state index in [4.69, 9.17) is 4.74 Å². The third-order valence-corrected chi connectivity index (χ3v) is 5.44. The van der Waals surface area contributed by atoms with Crippen molar-refractivity contribution in [2.45, 2.75) is 31.7 Å². The Morgan fingerprint density at radius 1 is 1.23 bits per heavy atom. The van der Waals surface area contributed by atoms with Crippen molar-refractivity contribution in [3.63, 3.8) is 0 Å². The fourth-order valence-electron chi connectivity index (χ4n) is 3.79.